The summed E-state index contributed by atoms with van der Waals surface area (Å²) in [5.74, 6) is 0.400. The first kappa shape index (κ1) is 11.4. The van der Waals surface area contributed by atoms with Crippen LogP contribution in [0.4, 0.5) is 0 Å². The minimum Gasteiger partial charge on any atom is -0.306 e. The standard InChI is InChI=1S/C12H12N2O3S/c15-7-9-1-2-12-13-11(6-14(12)5-9)10-3-4-18(16,17)8-10/h1-2,5-7,10H,3-4,8H2. The van der Waals surface area contributed by atoms with Crippen LogP contribution in [0.3, 0.4) is 0 Å². The molecule has 3 rings (SSSR count). The van der Waals surface area contributed by atoms with E-state index in [0.717, 1.165) is 17.6 Å². The predicted octanol–water partition coefficient (Wildman–Crippen LogP) is 1.05. The highest BCUT2D eigenvalue weighted by Crippen LogP contribution is 2.28. The summed E-state index contributed by atoms with van der Waals surface area (Å²) in [6, 6.07) is 3.46. The minimum absolute atomic E-state index is 0.0189. The molecule has 0 radical (unpaired) electrons. The van der Waals surface area contributed by atoms with Crippen LogP contribution in [-0.2, 0) is 9.84 Å². The maximum absolute atomic E-state index is 11.4. The third-order valence-electron chi connectivity index (χ3n) is 3.28. The number of imidazole rings is 1. The van der Waals surface area contributed by atoms with Crippen LogP contribution in [-0.4, -0.2) is 35.6 Å². The molecular formula is C12H12N2O3S. The van der Waals surface area contributed by atoms with Crippen LogP contribution < -0.4 is 0 Å². The molecule has 18 heavy (non-hydrogen) atoms. The van der Waals surface area contributed by atoms with Gasteiger partial charge in [0.25, 0.3) is 0 Å². The molecule has 0 N–H and O–H groups in total. The molecule has 0 bridgehead atoms. The van der Waals surface area contributed by atoms with E-state index in [0.29, 0.717) is 12.0 Å². The summed E-state index contributed by atoms with van der Waals surface area (Å²) in [5, 5.41) is 0. The summed E-state index contributed by atoms with van der Waals surface area (Å²) in [7, 11) is -2.90. The van der Waals surface area contributed by atoms with Crippen molar-refractivity contribution in [2.75, 3.05) is 11.5 Å². The highest BCUT2D eigenvalue weighted by Gasteiger charge is 2.30. The average molecular weight is 264 g/mol. The molecule has 0 amide bonds. The SMILES string of the molecule is O=Cc1ccc2nc(C3CCS(=O)(=O)C3)cn2c1. The Labute approximate surface area is 104 Å². The van der Waals surface area contributed by atoms with Crippen molar-refractivity contribution in [3.05, 3.63) is 35.8 Å². The van der Waals surface area contributed by atoms with Gasteiger partial charge in [0, 0.05) is 23.9 Å². The van der Waals surface area contributed by atoms with E-state index in [2.05, 4.69) is 4.98 Å². The zero-order valence-electron chi connectivity index (χ0n) is 9.61. The summed E-state index contributed by atoms with van der Waals surface area (Å²) in [6.45, 7) is 0. The normalized spacial score (nSPS) is 22.3. The summed E-state index contributed by atoms with van der Waals surface area (Å²) >= 11 is 0. The Hall–Kier alpha value is -1.69. The molecule has 5 nitrogen and oxygen atoms in total. The third-order valence-corrected chi connectivity index (χ3v) is 5.05. The molecule has 1 unspecified atom stereocenters. The van der Waals surface area contributed by atoms with Crippen molar-refractivity contribution in [2.24, 2.45) is 0 Å². The van der Waals surface area contributed by atoms with Crippen LogP contribution in [0.15, 0.2) is 24.5 Å². The second-order valence-corrected chi connectivity index (χ2v) is 6.84. The van der Waals surface area contributed by atoms with Gasteiger partial charge in [0.2, 0.25) is 0 Å². The molecule has 6 heteroatoms. The predicted molar refractivity (Wildman–Crippen MR) is 66.6 cm³/mol. The molecule has 0 aliphatic carbocycles. The lowest BCUT2D eigenvalue weighted by molar-refractivity contribution is 0.112. The lowest BCUT2D eigenvalue weighted by Crippen LogP contribution is -2.03. The number of aromatic nitrogens is 2. The van der Waals surface area contributed by atoms with Crippen molar-refractivity contribution < 1.29 is 13.2 Å². The van der Waals surface area contributed by atoms with E-state index < -0.39 is 9.84 Å². The Balaban J connectivity index is 2.01. The Bertz CT molecular complexity index is 718. The molecule has 1 aliphatic rings. The quantitative estimate of drug-likeness (QED) is 0.760. The Kier molecular flexibility index (Phi) is 2.48. The van der Waals surface area contributed by atoms with Crippen molar-refractivity contribution in [1.29, 1.82) is 0 Å². The van der Waals surface area contributed by atoms with Gasteiger partial charge in [-0.05, 0) is 18.6 Å². The summed E-state index contributed by atoms with van der Waals surface area (Å²) in [5.41, 5.74) is 2.10. The van der Waals surface area contributed by atoms with Gasteiger partial charge in [0.05, 0.1) is 17.2 Å². The highest BCUT2D eigenvalue weighted by atomic mass is 32.2. The van der Waals surface area contributed by atoms with Gasteiger partial charge in [0.15, 0.2) is 16.1 Å². The van der Waals surface area contributed by atoms with Crippen molar-refractivity contribution in [1.82, 2.24) is 9.38 Å². The van der Waals surface area contributed by atoms with Crippen molar-refractivity contribution >= 4 is 21.8 Å². The fourth-order valence-corrected chi connectivity index (χ4v) is 4.08. The monoisotopic (exact) mass is 264 g/mol. The van der Waals surface area contributed by atoms with E-state index in [4.69, 9.17) is 0 Å². The summed E-state index contributed by atoms with van der Waals surface area (Å²) in [4.78, 5) is 15.1. The second-order valence-electron chi connectivity index (χ2n) is 4.61. The van der Waals surface area contributed by atoms with Gasteiger partial charge >= 0.3 is 0 Å². The molecule has 94 valence electrons. The van der Waals surface area contributed by atoms with Crippen LogP contribution >= 0.6 is 0 Å². The number of nitrogens with zero attached hydrogens (tertiary/aromatic N) is 2. The van der Waals surface area contributed by atoms with Crippen LogP contribution in [0.5, 0.6) is 0 Å². The van der Waals surface area contributed by atoms with E-state index >= 15 is 0 Å². The largest absolute Gasteiger partial charge is 0.306 e. The van der Waals surface area contributed by atoms with Gasteiger partial charge in [0.1, 0.15) is 5.65 Å². The Morgan fingerprint density at radius 3 is 2.83 bits per heavy atom. The number of pyridine rings is 1. The number of carbonyl (C=O) groups excluding carboxylic acids is 1. The smallest absolute Gasteiger partial charge is 0.151 e. The molecule has 2 aromatic rings. The van der Waals surface area contributed by atoms with Gasteiger partial charge in [-0.3, -0.25) is 4.79 Å². The molecule has 1 fully saturated rings. The van der Waals surface area contributed by atoms with Gasteiger partial charge in [-0.2, -0.15) is 0 Å². The van der Waals surface area contributed by atoms with Crippen LogP contribution in [0, 0.1) is 0 Å². The topological polar surface area (TPSA) is 68.5 Å². The molecule has 2 aromatic heterocycles. The van der Waals surface area contributed by atoms with Gasteiger partial charge in [-0.1, -0.05) is 0 Å². The molecule has 0 aromatic carbocycles. The van der Waals surface area contributed by atoms with Gasteiger partial charge in [-0.25, -0.2) is 13.4 Å². The van der Waals surface area contributed by atoms with Crippen LogP contribution in [0.2, 0.25) is 0 Å². The van der Waals surface area contributed by atoms with Gasteiger partial charge in [-0.15, -0.1) is 0 Å². The van der Waals surface area contributed by atoms with E-state index in [1.807, 2.05) is 6.20 Å². The highest BCUT2D eigenvalue weighted by molar-refractivity contribution is 7.91. The zero-order chi connectivity index (χ0) is 12.8. The van der Waals surface area contributed by atoms with Crippen LogP contribution in [0.1, 0.15) is 28.4 Å². The minimum atomic E-state index is -2.90. The number of sulfone groups is 1. The first-order valence-corrected chi connectivity index (χ1v) is 7.54. The number of rotatable bonds is 2. The lowest BCUT2D eigenvalue weighted by atomic mass is 10.1. The third kappa shape index (κ3) is 1.92. The second kappa shape index (κ2) is 3.91. The number of fused-ring (bicyclic) bond motifs is 1. The lowest BCUT2D eigenvalue weighted by Gasteiger charge is -2.00. The summed E-state index contributed by atoms with van der Waals surface area (Å²) < 4.78 is 24.7. The fourth-order valence-electron chi connectivity index (χ4n) is 2.32. The van der Waals surface area contributed by atoms with E-state index in [-0.39, 0.29) is 17.4 Å². The van der Waals surface area contributed by atoms with Crippen molar-refractivity contribution in [3.63, 3.8) is 0 Å². The fraction of sp³-hybridized carbons (Fsp3) is 0.333. The number of carbonyl (C=O) groups is 1. The number of hydrogen-bond acceptors (Lipinski definition) is 4. The first-order chi connectivity index (χ1) is 8.57. The Morgan fingerprint density at radius 1 is 1.33 bits per heavy atom. The molecule has 3 heterocycles. The van der Waals surface area contributed by atoms with Crippen LogP contribution in [0.25, 0.3) is 5.65 Å². The molecule has 1 aliphatic heterocycles. The molecule has 0 saturated carbocycles. The summed E-state index contributed by atoms with van der Waals surface area (Å²) in [6.07, 6.45) is 4.92. The van der Waals surface area contributed by atoms with Gasteiger partial charge < -0.3 is 4.40 Å². The van der Waals surface area contributed by atoms with E-state index in [1.165, 1.54) is 0 Å². The maximum Gasteiger partial charge on any atom is 0.151 e. The van der Waals surface area contributed by atoms with E-state index in [1.54, 1.807) is 22.7 Å². The molecule has 1 atom stereocenters. The maximum atomic E-state index is 11.4. The number of aldehydes is 1. The Morgan fingerprint density at radius 2 is 2.17 bits per heavy atom. The molecular weight excluding hydrogens is 252 g/mol. The average Bonchev–Trinajstić information content (AvgIpc) is 2.90. The van der Waals surface area contributed by atoms with Crippen molar-refractivity contribution in [3.8, 4) is 0 Å². The molecule has 0 spiro atoms. The zero-order valence-corrected chi connectivity index (χ0v) is 10.4. The molecule has 1 saturated heterocycles. The van der Waals surface area contributed by atoms with E-state index in [9.17, 15) is 13.2 Å². The number of hydrogen-bond donors (Lipinski definition) is 0. The van der Waals surface area contributed by atoms with Crippen molar-refractivity contribution in [2.45, 2.75) is 12.3 Å². The first-order valence-electron chi connectivity index (χ1n) is 5.72.